The Labute approximate surface area is 274 Å². The Bertz CT molecular complexity index is 1400. The van der Waals surface area contributed by atoms with Crippen LogP contribution in [0.2, 0.25) is 0 Å². The Hall–Kier alpha value is -2.20. The Balaban J connectivity index is 1.57. The van der Waals surface area contributed by atoms with Crippen molar-refractivity contribution in [2.75, 3.05) is 48.1 Å². The molecule has 7 rings (SSSR count). The number of ether oxygens (including phenoxy) is 6. The first-order valence-corrected chi connectivity index (χ1v) is 16.5. The molecule has 1 aromatic rings. The van der Waals surface area contributed by atoms with Gasteiger partial charge in [-0.05, 0) is 18.7 Å². The highest BCUT2D eigenvalue weighted by Crippen LogP contribution is 2.81. The van der Waals surface area contributed by atoms with E-state index in [1.165, 1.54) is 28.3 Å². The van der Waals surface area contributed by atoms with E-state index in [2.05, 4.69) is 4.90 Å². The SMILES string of the molecule is CCN1C[C@]2(COC)C(O)C[C@H](OC)[C@@]34[C@@H]2[C@@H](OC)[C@@H]([C@@H]13)[C@]1(OC(C)=O)[C@H]2[C@@H](OC(=O)c3ccccc3)[C@@H]([C@@H](OC)[C@@H]1O)[C@H](O)[C@]24O. The second kappa shape index (κ2) is 11.2. The first-order valence-electron chi connectivity index (χ1n) is 16.5. The molecule has 0 aromatic heterocycles. The third-order valence-corrected chi connectivity index (χ3v) is 13.2. The summed E-state index contributed by atoms with van der Waals surface area (Å²) in [5.74, 6) is -5.44. The fourth-order valence-electron chi connectivity index (χ4n) is 12.3. The van der Waals surface area contributed by atoms with E-state index in [0.717, 1.165) is 0 Å². The molecule has 5 saturated carbocycles. The van der Waals surface area contributed by atoms with Gasteiger partial charge in [0, 0.05) is 71.6 Å². The highest BCUT2D eigenvalue weighted by molar-refractivity contribution is 5.89. The second-order valence-electron chi connectivity index (χ2n) is 14.4. The lowest BCUT2D eigenvalue weighted by Crippen LogP contribution is -2.86. The minimum absolute atomic E-state index is 0.101. The van der Waals surface area contributed by atoms with Crippen molar-refractivity contribution in [2.24, 2.45) is 34.5 Å². The van der Waals surface area contributed by atoms with Gasteiger partial charge >= 0.3 is 11.9 Å². The molecule has 0 amide bonds. The number of nitrogens with zero attached hydrogens (tertiary/aromatic N) is 1. The van der Waals surface area contributed by atoms with Crippen molar-refractivity contribution in [1.82, 2.24) is 4.90 Å². The van der Waals surface area contributed by atoms with E-state index in [-0.39, 0.29) is 18.6 Å². The molecule has 16 atom stereocenters. The van der Waals surface area contributed by atoms with Crippen molar-refractivity contribution >= 4 is 11.9 Å². The van der Waals surface area contributed by atoms with Gasteiger partial charge in [0.1, 0.15) is 17.8 Å². The molecular formula is C34H47NO12. The summed E-state index contributed by atoms with van der Waals surface area (Å²) in [6.07, 6.45) is -8.20. The second-order valence-corrected chi connectivity index (χ2v) is 14.4. The maximum atomic E-state index is 13.8. The molecule has 1 unspecified atom stereocenters. The van der Waals surface area contributed by atoms with Crippen molar-refractivity contribution in [1.29, 1.82) is 0 Å². The molecule has 1 spiro atoms. The van der Waals surface area contributed by atoms with Crippen LogP contribution in [0.1, 0.15) is 30.6 Å². The highest BCUT2D eigenvalue weighted by atomic mass is 16.6. The van der Waals surface area contributed by atoms with Gasteiger partial charge in [-0.15, -0.1) is 0 Å². The maximum absolute atomic E-state index is 13.8. The summed E-state index contributed by atoms with van der Waals surface area (Å²) in [4.78, 5) is 29.2. The topological polar surface area (TPSA) is 174 Å². The van der Waals surface area contributed by atoms with Crippen LogP contribution in [0.25, 0.3) is 0 Å². The number of benzene rings is 1. The van der Waals surface area contributed by atoms with E-state index >= 15 is 0 Å². The van der Waals surface area contributed by atoms with E-state index in [4.69, 9.17) is 28.4 Å². The number of carbonyl (C=O) groups is 2. The van der Waals surface area contributed by atoms with Crippen molar-refractivity contribution in [3.63, 3.8) is 0 Å². The Kier molecular flexibility index (Phi) is 7.91. The molecule has 1 aliphatic heterocycles. The van der Waals surface area contributed by atoms with Crippen molar-refractivity contribution in [2.45, 2.75) is 80.2 Å². The standard InChI is InChI=1S/C34H47NO12/c1-7-35-14-31(15-42-3)18(37)13-19(43-4)32-25(31)24(45-6)21(27(32)35)33(47-16(2)36)26-22(46-30(40)17-11-9-8-10-12-17)20(23(44-5)29(33)39)28(38)34(26,32)41/h8-12,18-29,37-39,41H,7,13-15H2,1-6H3/t18?,19-,20-,21-,22-,23+,24-,25+,26+,27+,28-,29-,31-,32+,33-,34+/m0/s1. The third kappa shape index (κ3) is 3.65. The van der Waals surface area contributed by atoms with Crippen LogP contribution < -0.4 is 0 Å². The molecule has 260 valence electrons. The molecule has 1 aromatic carbocycles. The van der Waals surface area contributed by atoms with E-state index in [0.29, 0.717) is 13.1 Å². The van der Waals surface area contributed by atoms with Crippen LogP contribution in [0, 0.1) is 34.5 Å². The first kappa shape index (κ1) is 33.3. The number of methoxy groups -OCH3 is 4. The fraction of sp³-hybridized carbons (Fsp3) is 0.765. The van der Waals surface area contributed by atoms with E-state index < -0.39 is 106 Å². The largest absolute Gasteiger partial charge is 0.458 e. The monoisotopic (exact) mass is 661 g/mol. The number of carbonyl (C=O) groups excluding carboxylic acids is 2. The van der Waals surface area contributed by atoms with Crippen LogP contribution in [0.4, 0.5) is 0 Å². The average molecular weight is 662 g/mol. The van der Waals surface area contributed by atoms with E-state index in [9.17, 15) is 30.0 Å². The summed E-state index contributed by atoms with van der Waals surface area (Å²) in [7, 11) is 5.96. The van der Waals surface area contributed by atoms with Gasteiger partial charge in [-0.2, -0.15) is 0 Å². The van der Waals surface area contributed by atoms with Crippen LogP contribution in [0.15, 0.2) is 30.3 Å². The molecule has 0 radical (unpaired) electrons. The molecule has 13 heteroatoms. The average Bonchev–Trinajstić information content (AvgIpc) is 3.39. The number of likely N-dealkylation sites (tertiary alicyclic amines) is 1. The number of aliphatic hydroxyl groups excluding tert-OH is 3. The summed E-state index contributed by atoms with van der Waals surface area (Å²) in [5.41, 5.74) is -6.32. The summed E-state index contributed by atoms with van der Waals surface area (Å²) >= 11 is 0. The lowest BCUT2D eigenvalue weighted by molar-refractivity contribution is -0.359. The van der Waals surface area contributed by atoms with Gasteiger partial charge in [0.2, 0.25) is 0 Å². The van der Waals surface area contributed by atoms with Gasteiger partial charge in [-0.1, -0.05) is 25.1 Å². The number of rotatable bonds is 9. The van der Waals surface area contributed by atoms with Gasteiger partial charge in [0.05, 0.1) is 59.9 Å². The Morgan fingerprint density at radius 1 is 0.936 bits per heavy atom. The molecule has 1 saturated heterocycles. The molecule has 4 N–H and O–H groups in total. The van der Waals surface area contributed by atoms with Crippen LogP contribution >= 0.6 is 0 Å². The Morgan fingerprint density at radius 2 is 1.62 bits per heavy atom. The smallest absolute Gasteiger partial charge is 0.338 e. The van der Waals surface area contributed by atoms with Gasteiger partial charge in [0.15, 0.2) is 5.60 Å². The quantitative estimate of drug-likeness (QED) is 0.253. The minimum Gasteiger partial charge on any atom is -0.458 e. The summed E-state index contributed by atoms with van der Waals surface area (Å²) in [6.45, 7) is 4.09. The van der Waals surface area contributed by atoms with Crippen molar-refractivity contribution < 1.29 is 58.4 Å². The molecule has 7 bridgehead atoms. The zero-order valence-corrected chi connectivity index (χ0v) is 27.6. The fourth-order valence-corrected chi connectivity index (χ4v) is 12.3. The van der Waals surface area contributed by atoms with E-state index in [1.54, 1.807) is 37.4 Å². The van der Waals surface area contributed by atoms with Crippen LogP contribution in [0.3, 0.4) is 0 Å². The normalized spacial score (nSPS) is 50.7. The molecular weight excluding hydrogens is 614 g/mol. The number of hydrogen-bond acceptors (Lipinski definition) is 13. The van der Waals surface area contributed by atoms with Gasteiger partial charge in [-0.25, -0.2) is 4.79 Å². The number of aliphatic hydroxyl groups is 4. The van der Waals surface area contributed by atoms with Crippen molar-refractivity contribution in [3.05, 3.63) is 35.9 Å². The van der Waals surface area contributed by atoms with Gasteiger partial charge in [0.25, 0.3) is 0 Å². The predicted octanol–water partition coefficient (Wildman–Crippen LogP) is -0.381. The predicted molar refractivity (Wildman–Crippen MR) is 162 cm³/mol. The van der Waals surface area contributed by atoms with Crippen LogP contribution in [-0.4, -0.2) is 145 Å². The lowest BCUT2D eigenvalue weighted by Gasteiger charge is -2.72. The number of piperidine rings is 1. The molecule has 6 aliphatic rings. The number of fused-ring (bicyclic) bond motifs is 2. The zero-order valence-electron chi connectivity index (χ0n) is 27.6. The van der Waals surface area contributed by atoms with Crippen LogP contribution in [0.5, 0.6) is 0 Å². The molecule has 1 heterocycles. The lowest BCUT2D eigenvalue weighted by atomic mass is 9.40. The van der Waals surface area contributed by atoms with Crippen molar-refractivity contribution in [3.8, 4) is 0 Å². The first-order chi connectivity index (χ1) is 22.4. The van der Waals surface area contributed by atoms with Gasteiger partial charge < -0.3 is 48.8 Å². The van der Waals surface area contributed by atoms with E-state index in [1.807, 2.05) is 6.92 Å². The van der Waals surface area contributed by atoms with Crippen LogP contribution in [-0.2, 0) is 33.2 Å². The Morgan fingerprint density at radius 3 is 2.19 bits per heavy atom. The number of esters is 2. The van der Waals surface area contributed by atoms with Gasteiger partial charge in [-0.3, -0.25) is 9.69 Å². The molecule has 13 nitrogen and oxygen atoms in total. The summed E-state index contributed by atoms with van der Waals surface area (Å²) < 4.78 is 37.0. The molecule has 47 heavy (non-hydrogen) atoms. The highest BCUT2D eigenvalue weighted by Gasteiger charge is 2.96. The zero-order chi connectivity index (χ0) is 33.8. The minimum atomic E-state index is -2.21. The number of hydrogen-bond donors (Lipinski definition) is 4. The maximum Gasteiger partial charge on any atom is 0.338 e. The summed E-state index contributed by atoms with van der Waals surface area (Å²) in [6, 6.07) is 7.67. The molecule has 6 fully saturated rings. The third-order valence-electron chi connectivity index (χ3n) is 13.2. The molecule has 5 aliphatic carbocycles. The summed E-state index contributed by atoms with van der Waals surface area (Å²) in [5, 5.41) is 51.1.